The summed E-state index contributed by atoms with van der Waals surface area (Å²) in [5, 5.41) is 2.82. The van der Waals surface area contributed by atoms with Crippen LogP contribution in [-0.2, 0) is 20.0 Å². The molecule has 1 aromatic rings. The van der Waals surface area contributed by atoms with Crippen LogP contribution in [-0.4, -0.2) is 69.8 Å². The van der Waals surface area contributed by atoms with E-state index < -0.39 is 26.0 Å². The van der Waals surface area contributed by atoms with E-state index in [1.54, 1.807) is 12.1 Å². The van der Waals surface area contributed by atoms with Gasteiger partial charge in [-0.1, -0.05) is 18.6 Å². The molecule has 2 heterocycles. The average Bonchev–Trinajstić information content (AvgIpc) is 2.68. The molecule has 1 atom stereocenters. The summed E-state index contributed by atoms with van der Waals surface area (Å²) in [5.41, 5.74) is 0.101. The van der Waals surface area contributed by atoms with E-state index in [0.29, 0.717) is 32.5 Å². The predicted molar refractivity (Wildman–Crippen MR) is 106 cm³/mol. The molecule has 1 amide bonds. The second-order valence-electron chi connectivity index (χ2n) is 7.39. The zero-order valence-electron chi connectivity index (χ0n) is 16.0. The molecule has 0 radical (unpaired) electrons. The van der Waals surface area contributed by atoms with Gasteiger partial charge in [-0.3, -0.25) is 4.79 Å². The Labute approximate surface area is 167 Å². The van der Waals surface area contributed by atoms with Gasteiger partial charge in [0, 0.05) is 32.2 Å². The van der Waals surface area contributed by atoms with Gasteiger partial charge in [-0.25, -0.2) is 21.1 Å². The minimum atomic E-state index is -3.75. The minimum absolute atomic E-state index is 0.00480. The monoisotopic (exact) mass is 429 g/mol. The van der Waals surface area contributed by atoms with Crippen LogP contribution in [0.5, 0.6) is 0 Å². The topological polar surface area (TPSA) is 104 Å². The van der Waals surface area contributed by atoms with E-state index in [4.69, 9.17) is 0 Å². The van der Waals surface area contributed by atoms with E-state index in [1.165, 1.54) is 20.7 Å². The molecule has 0 bridgehead atoms. The molecule has 0 saturated carbocycles. The largest absolute Gasteiger partial charge is 0.348 e. The van der Waals surface area contributed by atoms with Crippen molar-refractivity contribution < 1.29 is 21.6 Å². The Balaban J connectivity index is 1.79. The number of carbonyl (C=O) groups is 1. The van der Waals surface area contributed by atoms with Gasteiger partial charge in [0.1, 0.15) is 0 Å². The summed E-state index contributed by atoms with van der Waals surface area (Å²) >= 11 is 0. The maximum atomic E-state index is 13.0. The summed E-state index contributed by atoms with van der Waals surface area (Å²) in [5.74, 6) is -0.489. The number of amides is 1. The summed E-state index contributed by atoms with van der Waals surface area (Å²) in [4.78, 5) is 12.9. The molecule has 28 heavy (non-hydrogen) atoms. The van der Waals surface area contributed by atoms with Gasteiger partial charge >= 0.3 is 0 Å². The van der Waals surface area contributed by atoms with Gasteiger partial charge in [-0.15, -0.1) is 0 Å². The summed E-state index contributed by atoms with van der Waals surface area (Å²) in [6, 6.07) is 5.86. The number of piperidine rings is 2. The zero-order chi connectivity index (χ0) is 20.4. The zero-order valence-corrected chi connectivity index (χ0v) is 17.6. The van der Waals surface area contributed by atoms with Crippen LogP contribution < -0.4 is 5.32 Å². The van der Waals surface area contributed by atoms with Crippen LogP contribution >= 0.6 is 0 Å². The number of carbonyl (C=O) groups excluding carboxylic acids is 1. The number of nitrogens with one attached hydrogen (secondary N) is 1. The van der Waals surface area contributed by atoms with Gasteiger partial charge in [0.05, 0.1) is 16.7 Å². The molecular weight excluding hydrogens is 402 g/mol. The fraction of sp³-hybridized carbons (Fsp3) is 0.611. The number of hydrogen-bond acceptors (Lipinski definition) is 5. The van der Waals surface area contributed by atoms with Gasteiger partial charge in [0.25, 0.3) is 5.91 Å². The first-order valence-electron chi connectivity index (χ1n) is 9.55. The van der Waals surface area contributed by atoms with Crippen molar-refractivity contribution in [3.05, 3.63) is 29.8 Å². The van der Waals surface area contributed by atoms with Gasteiger partial charge in [0.15, 0.2) is 0 Å². The predicted octanol–water partition coefficient (Wildman–Crippen LogP) is 1.01. The van der Waals surface area contributed by atoms with Crippen LogP contribution in [0.4, 0.5) is 0 Å². The van der Waals surface area contributed by atoms with Crippen molar-refractivity contribution in [1.29, 1.82) is 0 Å². The maximum absolute atomic E-state index is 13.0. The summed E-state index contributed by atoms with van der Waals surface area (Å²) in [6.45, 7) is 1.56. The molecule has 2 fully saturated rings. The highest BCUT2D eigenvalue weighted by Gasteiger charge is 2.31. The molecular formula is C18H27N3O5S2. The molecule has 10 heteroatoms. The van der Waals surface area contributed by atoms with E-state index in [0.717, 1.165) is 25.5 Å². The quantitative estimate of drug-likeness (QED) is 0.752. The van der Waals surface area contributed by atoms with Gasteiger partial charge < -0.3 is 5.32 Å². The Morgan fingerprint density at radius 2 is 1.61 bits per heavy atom. The van der Waals surface area contributed by atoms with Gasteiger partial charge in [0.2, 0.25) is 20.0 Å². The fourth-order valence-electron chi connectivity index (χ4n) is 3.75. The number of hydrogen-bond donors (Lipinski definition) is 1. The van der Waals surface area contributed by atoms with Gasteiger partial charge in [-0.05, 0) is 37.8 Å². The summed E-state index contributed by atoms with van der Waals surface area (Å²) in [6.07, 6.45) is 5.09. The highest BCUT2D eigenvalue weighted by atomic mass is 32.2. The van der Waals surface area contributed by atoms with Crippen LogP contribution in [0.3, 0.4) is 0 Å². The van der Waals surface area contributed by atoms with E-state index in [2.05, 4.69) is 5.32 Å². The van der Waals surface area contributed by atoms with Crippen molar-refractivity contribution >= 4 is 26.0 Å². The third-order valence-electron chi connectivity index (χ3n) is 5.25. The third kappa shape index (κ3) is 4.73. The molecule has 8 nitrogen and oxygen atoms in total. The highest BCUT2D eigenvalue weighted by Crippen LogP contribution is 2.24. The Kier molecular flexibility index (Phi) is 6.43. The third-order valence-corrected chi connectivity index (χ3v) is 8.48. The van der Waals surface area contributed by atoms with Gasteiger partial charge in [-0.2, -0.15) is 4.31 Å². The number of rotatable bonds is 5. The first kappa shape index (κ1) is 21.2. The molecule has 0 spiro atoms. The van der Waals surface area contributed by atoms with Crippen molar-refractivity contribution in [2.24, 2.45) is 0 Å². The Morgan fingerprint density at radius 3 is 2.29 bits per heavy atom. The number of sulfonamides is 2. The molecule has 2 aliphatic heterocycles. The number of nitrogens with zero attached hydrogens (tertiary/aromatic N) is 2. The molecule has 2 aliphatic rings. The number of benzene rings is 1. The van der Waals surface area contributed by atoms with Crippen LogP contribution in [0.2, 0.25) is 0 Å². The summed E-state index contributed by atoms with van der Waals surface area (Å²) in [7, 11) is -7.07. The van der Waals surface area contributed by atoms with Crippen LogP contribution in [0.15, 0.2) is 29.2 Å². The van der Waals surface area contributed by atoms with Crippen molar-refractivity contribution in [2.75, 3.05) is 32.4 Å². The average molecular weight is 430 g/mol. The smallest absolute Gasteiger partial charge is 0.252 e. The van der Waals surface area contributed by atoms with E-state index >= 15 is 0 Å². The lowest BCUT2D eigenvalue weighted by atomic mass is 10.1. The van der Waals surface area contributed by atoms with E-state index in [1.807, 2.05) is 0 Å². The first-order valence-corrected chi connectivity index (χ1v) is 12.8. The molecule has 2 saturated heterocycles. The molecule has 156 valence electrons. The standard InChI is InChI=1S/C18H27N3O5S2/c1-27(23,24)21-13-7-8-15(14-21)19-18(22)16-9-3-4-10-17(16)28(25,26)20-11-5-2-6-12-20/h3-4,9-10,15H,2,5-8,11-14H2,1H3,(H,19,22). The molecule has 1 aromatic carbocycles. The minimum Gasteiger partial charge on any atom is -0.348 e. The Bertz CT molecular complexity index is 924. The normalized spacial score (nSPS) is 22.7. The molecule has 1 N–H and O–H groups in total. The van der Waals surface area contributed by atoms with E-state index in [9.17, 15) is 21.6 Å². The molecule has 1 unspecified atom stereocenters. The lowest BCUT2D eigenvalue weighted by Gasteiger charge is -2.31. The maximum Gasteiger partial charge on any atom is 0.252 e. The molecule has 0 aromatic heterocycles. The van der Waals surface area contributed by atoms with Crippen LogP contribution in [0, 0.1) is 0 Å². The first-order chi connectivity index (χ1) is 13.2. The Morgan fingerprint density at radius 1 is 0.964 bits per heavy atom. The van der Waals surface area contributed by atoms with Crippen molar-refractivity contribution in [3.63, 3.8) is 0 Å². The van der Waals surface area contributed by atoms with Crippen LogP contribution in [0.1, 0.15) is 42.5 Å². The second kappa shape index (κ2) is 8.48. The fourth-order valence-corrected chi connectivity index (χ4v) is 6.37. The van der Waals surface area contributed by atoms with Crippen molar-refractivity contribution in [3.8, 4) is 0 Å². The second-order valence-corrected chi connectivity index (χ2v) is 11.3. The SMILES string of the molecule is CS(=O)(=O)N1CCCC(NC(=O)c2ccccc2S(=O)(=O)N2CCCCC2)C1. The molecule has 3 rings (SSSR count). The van der Waals surface area contributed by atoms with Crippen LogP contribution in [0.25, 0.3) is 0 Å². The lowest BCUT2D eigenvalue weighted by Crippen LogP contribution is -2.49. The van der Waals surface area contributed by atoms with Crippen molar-refractivity contribution in [2.45, 2.75) is 43.0 Å². The summed E-state index contributed by atoms with van der Waals surface area (Å²) < 4.78 is 52.4. The lowest BCUT2D eigenvalue weighted by molar-refractivity contribution is 0.0918. The highest BCUT2D eigenvalue weighted by molar-refractivity contribution is 7.89. The van der Waals surface area contributed by atoms with Crippen molar-refractivity contribution in [1.82, 2.24) is 13.9 Å². The Hall–Kier alpha value is -1.49. The van der Waals surface area contributed by atoms with E-state index in [-0.39, 0.29) is 23.0 Å². The molecule has 0 aliphatic carbocycles.